The molecule has 0 unspecified atom stereocenters. The molecule has 0 N–H and O–H groups in total. The maximum atomic E-state index is 5.47. The van der Waals surface area contributed by atoms with Crippen LogP contribution in [0.3, 0.4) is 0 Å². The second-order valence-corrected chi connectivity index (χ2v) is 9.19. The highest BCUT2D eigenvalue weighted by molar-refractivity contribution is 5.71. The number of aromatic nitrogens is 6. The molecular weight excluding hydrogens is 484 g/mol. The number of ether oxygens (including phenoxy) is 1. The summed E-state index contributed by atoms with van der Waals surface area (Å²) in [6, 6.07) is 32.2. The summed E-state index contributed by atoms with van der Waals surface area (Å²) in [4.78, 5) is 19.7. The van der Waals surface area contributed by atoms with Crippen LogP contribution >= 0.6 is 0 Å². The Hall–Kier alpha value is -5.30. The molecule has 0 fully saturated rings. The lowest BCUT2D eigenvalue weighted by Gasteiger charge is -2.15. The number of hydrogen-bond acceptors (Lipinski definition) is 5. The molecule has 188 valence electrons. The van der Waals surface area contributed by atoms with Gasteiger partial charge < -0.3 is 4.74 Å². The zero-order chi connectivity index (χ0) is 26.2. The molecule has 0 aliphatic carbocycles. The Bertz CT molecular complexity index is 1780. The predicted molar refractivity (Wildman–Crippen MR) is 151 cm³/mol. The van der Waals surface area contributed by atoms with E-state index in [1.54, 1.807) is 19.5 Å². The highest BCUT2D eigenvalue weighted by atomic mass is 16.5. The minimum atomic E-state index is -0.263. The fraction of sp³-hybridized carbons (Fsp3) is 0.0625. The van der Waals surface area contributed by atoms with E-state index in [0.29, 0.717) is 0 Å². The first-order valence-electron chi connectivity index (χ1n) is 12.7. The normalized spacial score (nSPS) is 11.4. The highest BCUT2D eigenvalue weighted by Gasteiger charge is 2.29. The van der Waals surface area contributed by atoms with Crippen LogP contribution in [0.2, 0.25) is 0 Å². The minimum absolute atomic E-state index is 0.263. The molecule has 6 heterocycles. The molecule has 0 bridgehead atoms. The van der Waals surface area contributed by atoms with Crippen LogP contribution < -0.4 is 4.74 Å². The van der Waals surface area contributed by atoms with E-state index in [-0.39, 0.29) is 5.92 Å². The largest absolute Gasteiger partial charge is 0.497 e. The number of methoxy groups -OCH3 is 1. The van der Waals surface area contributed by atoms with Crippen molar-refractivity contribution < 1.29 is 4.74 Å². The van der Waals surface area contributed by atoms with Gasteiger partial charge in [-0.25, -0.2) is 9.97 Å². The van der Waals surface area contributed by atoms with Gasteiger partial charge in [-0.3, -0.25) is 18.8 Å². The molecule has 0 amide bonds. The van der Waals surface area contributed by atoms with E-state index < -0.39 is 0 Å². The number of pyridine rings is 4. The van der Waals surface area contributed by atoms with Crippen molar-refractivity contribution in [3.63, 3.8) is 0 Å². The third kappa shape index (κ3) is 3.92. The molecule has 7 rings (SSSR count). The van der Waals surface area contributed by atoms with E-state index in [1.165, 1.54) is 0 Å². The van der Waals surface area contributed by atoms with Crippen molar-refractivity contribution in [1.82, 2.24) is 28.7 Å². The standard InChI is InChI=1S/C32H24N6O/c1-39-23-16-14-22(15-17-23)28(29-26-12-4-8-20-37(26)31(35-29)24-10-2-6-18-33-24)30-27-13-5-9-21-38(27)32(36-30)25-11-3-7-19-34-25/h2-21,28H,1H3. The summed E-state index contributed by atoms with van der Waals surface area (Å²) in [6.45, 7) is 0. The quantitative estimate of drug-likeness (QED) is 0.264. The summed E-state index contributed by atoms with van der Waals surface area (Å²) in [5.74, 6) is 2.10. The van der Waals surface area contributed by atoms with Crippen LogP contribution in [0.15, 0.2) is 122 Å². The van der Waals surface area contributed by atoms with Gasteiger partial charge in [0.15, 0.2) is 11.6 Å². The third-order valence-electron chi connectivity index (χ3n) is 6.94. The molecule has 0 saturated carbocycles. The zero-order valence-electron chi connectivity index (χ0n) is 21.2. The first kappa shape index (κ1) is 22.9. The molecule has 0 spiro atoms. The van der Waals surface area contributed by atoms with Crippen LogP contribution in [0.5, 0.6) is 5.75 Å². The van der Waals surface area contributed by atoms with Gasteiger partial charge in [-0.1, -0.05) is 36.4 Å². The highest BCUT2D eigenvalue weighted by Crippen LogP contribution is 2.39. The average Bonchev–Trinajstić information content (AvgIpc) is 3.58. The molecule has 0 saturated heterocycles. The van der Waals surface area contributed by atoms with E-state index in [4.69, 9.17) is 14.7 Å². The predicted octanol–water partition coefficient (Wildman–Crippen LogP) is 6.29. The molecule has 7 heteroatoms. The van der Waals surface area contributed by atoms with Gasteiger partial charge in [0.1, 0.15) is 17.1 Å². The fourth-order valence-corrected chi connectivity index (χ4v) is 5.14. The van der Waals surface area contributed by atoms with E-state index in [2.05, 4.69) is 43.0 Å². The molecular formula is C32H24N6O. The molecule has 0 aliphatic rings. The molecule has 39 heavy (non-hydrogen) atoms. The monoisotopic (exact) mass is 508 g/mol. The Kier molecular flexibility index (Phi) is 5.59. The third-order valence-corrected chi connectivity index (χ3v) is 6.94. The minimum Gasteiger partial charge on any atom is -0.497 e. The first-order valence-corrected chi connectivity index (χ1v) is 12.7. The van der Waals surface area contributed by atoms with Crippen molar-refractivity contribution in [1.29, 1.82) is 0 Å². The molecule has 6 aromatic heterocycles. The van der Waals surface area contributed by atoms with Gasteiger partial charge in [0, 0.05) is 24.8 Å². The number of nitrogens with zero attached hydrogens (tertiary/aromatic N) is 6. The average molecular weight is 509 g/mol. The van der Waals surface area contributed by atoms with Crippen LogP contribution in [-0.4, -0.2) is 35.8 Å². The van der Waals surface area contributed by atoms with Crippen LogP contribution in [0, 0.1) is 0 Å². The summed E-state index contributed by atoms with van der Waals surface area (Å²) in [6.07, 6.45) is 7.65. The molecule has 7 nitrogen and oxygen atoms in total. The van der Waals surface area contributed by atoms with E-state index in [1.807, 2.05) is 85.2 Å². The van der Waals surface area contributed by atoms with Crippen LogP contribution in [0.25, 0.3) is 34.1 Å². The Morgan fingerprint density at radius 2 is 1.10 bits per heavy atom. The van der Waals surface area contributed by atoms with Gasteiger partial charge in [0.25, 0.3) is 0 Å². The Balaban J connectivity index is 1.53. The van der Waals surface area contributed by atoms with Crippen LogP contribution in [0.1, 0.15) is 22.9 Å². The first-order chi connectivity index (χ1) is 19.3. The number of benzene rings is 1. The van der Waals surface area contributed by atoms with Crippen molar-refractivity contribution in [3.8, 4) is 28.8 Å². The van der Waals surface area contributed by atoms with Gasteiger partial charge in [-0.2, -0.15) is 0 Å². The number of rotatable bonds is 6. The summed E-state index contributed by atoms with van der Waals surface area (Å²) >= 11 is 0. The summed E-state index contributed by atoms with van der Waals surface area (Å²) in [5.41, 5.74) is 6.47. The molecule has 0 radical (unpaired) electrons. The van der Waals surface area contributed by atoms with Gasteiger partial charge in [0.05, 0.1) is 35.4 Å². The molecule has 0 aliphatic heterocycles. The second kappa shape index (κ2) is 9.54. The fourth-order valence-electron chi connectivity index (χ4n) is 5.14. The summed E-state index contributed by atoms with van der Waals surface area (Å²) < 4.78 is 9.68. The molecule has 0 atom stereocenters. The zero-order valence-corrected chi connectivity index (χ0v) is 21.2. The summed E-state index contributed by atoms with van der Waals surface area (Å²) in [7, 11) is 1.68. The van der Waals surface area contributed by atoms with Crippen molar-refractivity contribution in [2.45, 2.75) is 5.92 Å². The second-order valence-electron chi connectivity index (χ2n) is 9.19. The lowest BCUT2D eigenvalue weighted by molar-refractivity contribution is 0.414. The maximum absolute atomic E-state index is 5.47. The molecule has 1 aromatic carbocycles. The summed E-state index contributed by atoms with van der Waals surface area (Å²) in [5, 5.41) is 0. The van der Waals surface area contributed by atoms with Crippen molar-refractivity contribution >= 4 is 11.0 Å². The lowest BCUT2D eigenvalue weighted by atomic mass is 9.91. The number of imidazole rings is 2. The van der Waals surface area contributed by atoms with E-state index >= 15 is 0 Å². The number of hydrogen-bond donors (Lipinski definition) is 0. The van der Waals surface area contributed by atoms with Crippen molar-refractivity contribution in [3.05, 3.63) is 139 Å². The Morgan fingerprint density at radius 1 is 0.590 bits per heavy atom. The van der Waals surface area contributed by atoms with Gasteiger partial charge in [-0.15, -0.1) is 0 Å². The van der Waals surface area contributed by atoms with E-state index in [0.717, 1.165) is 56.8 Å². The smallest absolute Gasteiger partial charge is 0.163 e. The lowest BCUT2D eigenvalue weighted by Crippen LogP contribution is -2.06. The Labute approximate surface area is 225 Å². The van der Waals surface area contributed by atoms with Crippen molar-refractivity contribution in [2.75, 3.05) is 7.11 Å². The van der Waals surface area contributed by atoms with Gasteiger partial charge >= 0.3 is 0 Å². The van der Waals surface area contributed by atoms with E-state index in [9.17, 15) is 0 Å². The van der Waals surface area contributed by atoms with Gasteiger partial charge in [0.2, 0.25) is 0 Å². The van der Waals surface area contributed by atoms with Crippen LogP contribution in [0.4, 0.5) is 0 Å². The SMILES string of the molecule is COc1ccc(C(c2nc(-c3ccccn3)n3ccccc23)c2nc(-c3ccccn3)n3ccccc23)cc1. The van der Waals surface area contributed by atoms with Crippen LogP contribution in [-0.2, 0) is 0 Å². The Morgan fingerprint density at radius 3 is 1.56 bits per heavy atom. The topological polar surface area (TPSA) is 69.6 Å². The van der Waals surface area contributed by atoms with Gasteiger partial charge in [-0.05, 0) is 66.2 Å². The maximum Gasteiger partial charge on any atom is 0.163 e. The molecule has 7 aromatic rings. The van der Waals surface area contributed by atoms with Crippen molar-refractivity contribution in [2.24, 2.45) is 0 Å². The number of fused-ring (bicyclic) bond motifs is 2.